The molecule has 0 atom stereocenters. The molecule has 19 heavy (non-hydrogen) atoms. The van der Waals surface area contributed by atoms with Crippen molar-refractivity contribution in [1.29, 1.82) is 0 Å². The molecular weight excluding hydrogens is 262 g/mol. The molecule has 0 aliphatic heterocycles. The molecule has 5 heteroatoms. The lowest BCUT2D eigenvalue weighted by molar-refractivity contribution is 0.471. The predicted octanol–water partition coefficient (Wildman–Crippen LogP) is 1.01. The van der Waals surface area contributed by atoms with E-state index in [1.807, 2.05) is 0 Å². The third kappa shape index (κ3) is 2.77. The number of hydrogen-bond acceptors (Lipinski definition) is 3. The molecule has 0 saturated heterocycles. The second-order valence-corrected chi connectivity index (χ2v) is 5.74. The Balaban J connectivity index is 2.45. The van der Waals surface area contributed by atoms with Gasteiger partial charge in [-0.2, -0.15) is 0 Å². The Kier molecular flexibility index (Phi) is 3.31. The van der Waals surface area contributed by atoms with Gasteiger partial charge < -0.3 is 5.11 Å². The topological polar surface area (TPSA) is 66.4 Å². The average molecular weight is 275 g/mol. The fraction of sp³-hybridized carbons (Fsp3) is 0. The summed E-state index contributed by atoms with van der Waals surface area (Å²) in [6.07, 6.45) is 0. The summed E-state index contributed by atoms with van der Waals surface area (Å²) in [7, 11) is -3.66. The van der Waals surface area contributed by atoms with E-state index in [9.17, 15) is 13.5 Å². The van der Waals surface area contributed by atoms with E-state index in [1.165, 1.54) is 24.3 Å². The summed E-state index contributed by atoms with van der Waals surface area (Å²) in [4.78, 5) is 0.160. The first-order chi connectivity index (χ1) is 8.90. The van der Waals surface area contributed by atoms with Crippen molar-refractivity contribution in [1.82, 2.24) is 0 Å². The molecule has 2 rings (SSSR count). The summed E-state index contributed by atoms with van der Waals surface area (Å²) < 4.78 is 26.7. The zero-order valence-corrected chi connectivity index (χ0v) is 10.9. The van der Waals surface area contributed by atoms with Crippen LogP contribution < -0.4 is 15.2 Å². The van der Waals surface area contributed by atoms with Crippen LogP contribution in [0.3, 0.4) is 0 Å². The SMILES string of the molecule is C=c1cc(NS(=O)(=O)c2ccccc2)c(=C)cc1O. The predicted molar refractivity (Wildman–Crippen MR) is 75.7 cm³/mol. The minimum Gasteiger partial charge on any atom is -0.507 e. The average Bonchev–Trinajstić information content (AvgIpc) is 2.37. The molecule has 98 valence electrons. The molecule has 2 N–H and O–H groups in total. The van der Waals surface area contributed by atoms with Gasteiger partial charge in [0, 0.05) is 5.22 Å². The van der Waals surface area contributed by atoms with E-state index in [0.717, 1.165) is 0 Å². The van der Waals surface area contributed by atoms with Gasteiger partial charge in [0.15, 0.2) is 0 Å². The normalized spacial score (nSPS) is 11.2. The van der Waals surface area contributed by atoms with E-state index in [2.05, 4.69) is 17.9 Å². The van der Waals surface area contributed by atoms with Crippen molar-refractivity contribution in [3.05, 3.63) is 52.9 Å². The number of phenols is 1. The maximum absolute atomic E-state index is 12.1. The second-order valence-electron chi connectivity index (χ2n) is 4.06. The van der Waals surface area contributed by atoms with Crippen molar-refractivity contribution < 1.29 is 13.5 Å². The number of nitrogens with one attached hydrogen (secondary N) is 1. The zero-order chi connectivity index (χ0) is 14.0. The van der Waals surface area contributed by atoms with Crippen LogP contribution in [-0.4, -0.2) is 13.5 Å². The van der Waals surface area contributed by atoms with Crippen LogP contribution in [0.2, 0.25) is 0 Å². The van der Waals surface area contributed by atoms with Crippen LogP contribution in [0.15, 0.2) is 47.4 Å². The van der Waals surface area contributed by atoms with Crippen LogP contribution >= 0.6 is 0 Å². The van der Waals surface area contributed by atoms with Crippen molar-refractivity contribution in [2.75, 3.05) is 4.72 Å². The number of hydrogen-bond donors (Lipinski definition) is 2. The van der Waals surface area contributed by atoms with Gasteiger partial charge >= 0.3 is 0 Å². The first kappa shape index (κ1) is 13.2. The Morgan fingerprint density at radius 3 is 2.26 bits per heavy atom. The van der Waals surface area contributed by atoms with Crippen LogP contribution in [0.5, 0.6) is 5.75 Å². The molecule has 0 aromatic heterocycles. The number of phenolic OH excluding ortho intramolecular Hbond substituents is 1. The van der Waals surface area contributed by atoms with E-state index in [-0.39, 0.29) is 10.6 Å². The van der Waals surface area contributed by atoms with E-state index in [4.69, 9.17) is 0 Å². The molecule has 2 aromatic carbocycles. The van der Waals surface area contributed by atoms with Crippen molar-refractivity contribution in [2.45, 2.75) is 4.90 Å². The summed E-state index contributed by atoms with van der Waals surface area (Å²) in [5.41, 5.74) is 0.298. The van der Waals surface area contributed by atoms with Crippen LogP contribution in [-0.2, 0) is 10.0 Å². The molecule has 0 spiro atoms. The molecule has 0 aliphatic rings. The molecule has 0 heterocycles. The van der Waals surface area contributed by atoms with Gasteiger partial charge in [0.25, 0.3) is 10.0 Å². The van der Waals surface area contributed by atoms with Crippen molar-refractivity contribution in [3.8, 4) is 5.75 Å². The van der Waals surface area contributed by atoms with Gasteiger partial charge in [-0.05, 0) is 29.5 Å². The van der Waals surface area contributed by atoms with E-state index in [0.29, 0.717) is 16.1 Å². The second kappa shape index (κ2) is 4.78. The Labute approximate surface area is 111 Å². The van der Waals surface area contributed by atoms with E-state index < -0.39 is 10.0 Å². The van der Waals surface area contributed by atoms with Gasteiger partial charge in [-0.15, -0.1) is 0 Å². The Morgan fingerprint density at radius 2 is 1.63 bits per heavy atom. The van der Waals surface area contributed by atoms with Crippen LogP contribution in [0.4, 0.5) is 5.69 Å². The van der Waals surface area contributed by atoms with Crippen LogP contribution in [0.1, 0.15) is 0 Å². The highest BCUT2D eigenvalue weighted by Crippen LogP contribution is 2.12. The standard InChI is InChI=1S/C14H13NO3S/c1-10-9-14(16)11(2)8-13(10)15-19(17,18)12-6-4-3-5-7-12/h3-9,15-16H,1-2H2. The number of rotatable bonds is 3. The van der Waals surface area contributed by atoms with E-state index >= 15 is 0 Å². The first-order valence-electron chi connectivity index (χ1n) is 5.49. The monoisotopic (exact) mass is 275 g/mol. The summed E-state index contributed by atoms with van der Waals surface area (Å²) in [5, 5.41) is 10.2. The lowest BCUT2D eigenvalue weighted by Gasteiger charge is -2.09. The maximum Gasteiger partial charge on any atom is 0.261 e. The minimum absolute atomic E-state index is 0.0207. The van der Waals surface area contributed by atoms with Gasteiger partial charge in [0.1, 0.15) is 5.75 Å². The van der Waals surface area contributed by atoms with E-state index in [1.54, 1.807) is 18.2 Å². The summed E-state index contributed by atoms with van der Waals surface area (Å²) >= 11 is 0. The van der Waals surface area contributed by atoms with Gasteiger partial charge in [-0.25, -0.2) is 8.42 Å². The fourth-order valence-corrected chi connectivity index (χ4v) is 2.69. The number of anilines is 1. The molecule has 4 nitrogen and oxygen atoms in total. The lowest BCUT2D eigenvalue weighted by atomic mass is 10.2. The Bertz CT molecular complexity index is 799. The molecule has 0 fully saturated rings. The van der Waals surface area contributed by atoms with Crippen molar-refractivity contribution in [2.24, 2.45) is 0 Å². The van der Waals surface area contributed by atoms with Crippen molar-refractivity contribution in [3.63, 3.8) is 0 Å². The third-order valence-corrected chi connectivity index (χ3v) is 3.98. The molecular formula is C14H13NO3S. The molecule has 0 amide bonds. The van der Waals surface area contributed by atoms with Gasteiger partial charge in [0.05, 0.1) is 10.6 Å². The molecule has 0 saturated carbocycles. The Morgan fingerprint density at radius 1 is 1.00 bits per heavy atom. The van der Waals surface area contributed by atoms with Gasteiger partial charge in [0.2, 0.25) is 0 Å². The molecule has 0 bridgehead atoms. The highest BCUT2D eigenvalue weighted by atomic mass is 32.2. The lowest BCUT2D eigenvalue weighted by Crippen LogP contribution is -2.20. The number of benzene rings is 2. The Hall–Kier alpha value is -2.27. The quantitative estimate of drug-likeness (QED) is 0.822. The largest absolute Gasteiger partial charge is 0.507 e. The first-order valence-corrected chi connectivity index (χ1v) is 6.97. The number of sulfonamides is 1. The molecule has 0 radical (unpaired) electrons. The molecule has 0 unspecified atom stereocenters. The van der Waals surface area contributed by atoms with Crippen molar-refractivity contribution >= 4 is 28.9 Å². The zero-order valence-electron chi connectivity index (χ0n) is 10.1. The highest BCUT2D eigenvalue weighted by Gasteiger charge is 2.13. The minimum atomic E-state index is -3.66. The van der Waals surface area contributed by atoms with Crippen LogP contribution in [0, 0.1) is 0 Å². The van der Waals surface area contributed by atoms with Gasteiger partial charge in [-0.1, -0.05) is 31.4 Å². The van der Waals surface area contributed by atoms with Gasteiger partial charge in [-0.3, -0.25) is 4.72 Å². The highest BCUT2D eigenvalue weighted by molar-refractivity contribution is 7.92. The maximum atomic E-state index is 12.1. The smallest absolute Gasteiger partial charge is 0.261 e. The molecule has 2 aromatic rings. The summed E-state index contributed by atoms with van der Waals surface area (Å²) in [5.74, 6) is -0.0207. The number of aromatic hydroxyl groups is 1. The molecule has 0 aliphatic carbocycles. The van der Waals surface area contributed by atoms with Crippen LogP contribution in [0.25, 0.3) is 13.2 Å². The summed E-state index contributed by atoms with van der Waals surface area (Å²) in [6.45, 7) is 7.30. The third-order valence-electron chi connectivity index (χ3n) is 2.60. The summed E-state index contributed by atoms with van der Waals surface area (Å²) in [6, 6.07) is 10.8. The fourth-order valence-electron chi connectivity index (χ4n) is 1.57.